The fourth-order valence-corrected chi connectivity index (χ4v) is 2.88. The SMILES string of the molecule is COc1cc(C(=O)N(C)CC(C)C(=O)O)ccc1OC1CCCC1. The van der Waals surface area contributed by atoms with Crippen LogP contribution in [0, 0.1) is 5.92 Å². The van der Waals surface area contributed by atoms with Gasteiger partial charge in [-0.1, -0.05) is 6.92 Å². The van der Waals surface area contributed by atoms with Crippen molar-refractivity contribution < 1.29 is 24.2 Å². The van der Waals surface area contributed by atoms with Crippen molar-refractivity contribution in [3.8, 4) is 11.5 Å². The zero-order valence-corrected chi connectivity index (χ0v) is 14.4. The maximum atomic E-state index is 12.5. The molecule has 0 aliphatic heterocycles. The quantitative estimate of drug-likeness (QED) is 0.829. The monoisotopic (exact) mass is 335 g/mol. The average Bonchev–Trinajstić information content (AvgIpc) is 3.07. The summed E-state index contributed by atoms with van der Waals surface area (Å²) in [5, 5.41) is 8.96. The van der Waals surface area contributed by atoms with Crippen LogP contribution in [0.5, 0.6) is 11.5 Å². The zero-order chi connectivity index (χ0) is 17.7. The molecule has 132 valence electrons. The second kappa shape index (κ2) is 8.04. The van der Waals surface area contributed by atoms with Gasteiger partial charge in [0.25, 0.3) is 5.91 Å². The highest BCUT2D eigenvalue weighted by Gasteiger charge is 2.22. The molecule has 1 amide bonds. The number of hydrogen-bond donors (Lipinski definition) is 1. The van der Waals surface area contributed by atoms with Crippen LogP contribution in [-0.2, 0) is 4.79 Å². The summed E-state index contributed by atoms with van der Waals surface area (Å²) in [6.07, 6.45) is 4.64. The number of ether oxygens (including phenoxy) is 2. The first-order valence-electron chi connectivity index (χ1n) is 8.25. The Morgan fingerprint density at radius 3 is 2.54 bits per heavy atom. The summed E-state index contributed by atoms with van der Waals surface area (Å²) in [6, 6.07) is 5.09. The number of amides is 1. The fourth-order valence-electron chi connectivity index (χ4n) is 2.88. The van der Waals surface area contributed by atoms with Crippen molar-refractivity contribution in [2.24, 2.45) is 5.92 Å². The van der Waals surface area contributed by atoms with Gasteiger partial charge in [-0.3, -0.25) is 9.59 Å². The van der Waals surface area contributed by atoms with Gasteiger partial charge in [0.1, 0.15) is 0 Å². The maximum absolute atomic E-state index is 12.5. The van der Waals surface area contributed by atoms with Crippen molar-refractivity contribution in [3.63, 3.8) is 0 Å². The van der Waals surface area contributed by atoms with Gasteiger partial charge in [0.2, 0.25) is 0 Å². The number of rotatable bonds is 7. The lowest BCUT2D eigenvalue weighted by Gasteiger charge is -2.21. The smallest absolute Gasteiger partial charge is 0.308 e. The Morgan fingerprint density at radius 1 is 1.29 bits per heavy atom. The summed E-state index contributed by atoms with van der Waals surface area (Å²) in [6.45, 7) is 1.72. The third-order valence-electron chi connectivity index (χ3n) is 4.32. The number of carbonyl (C=O) groups excluding carboxylic acids is 1. The highest BCUT2D eigenvalue weighted by atomic mass is 16.5. The fraction of sp³-hybridized carbons (Fsp3) is 0.556. The molecular weight excluding hydrogens is 310 g/mol. The number of hydrogen-bond acceptors (Lipinski definition) is 4. The Kier molecular flexibility index (Phi) is 6.06. The van der Waals surface area contributed by atoms with Crippen molar-refractivity contribution in [3.05, 3.63) is 23.8 Å². The molecule has 1 saturated carbocycles. The Bertz CT molecular complexity index is 595. The highest BCUT2D eigenvalue weighted by Crippen LogP contribution is 2.32. The topological polar surface area (TPSA) is 76.1 Å². The summed E-state index contributed by atoms with van der Waals surface area (Å²) in [7, 11) is 3.14. The van der Waals surface area contributed by atoms with E-state index >= 15 is 0 Å². The summed E-state index contributed by atoms with van der Waals surface area (Å²) < 4.78 is 11.3. The second-order valence-electron chi connectivity index (χ2n) is 6.31. The first-order chi connectivity index (χ1) is 11.4. The Labute approximate surface area is 142 Å². The predicted octanol–water partition coefficient (Wildman–Crippen LogP) is 2.81. The predicted molar refractivity (Wildman–Crippen MR) is 89.6 cm³/mol. The van der Waals surface area contributed by atoms with Gasteiger partial charge in [0, 0.05) is 19.2 Å². The third kappa shape index (κ3) is 4.40. The minimum Gasteiger partial charge on any atom is -0.493 e. The van der Waals surface area contributed by atoms with E-state index in [4.69, 9.17) is 14.6 Å². The van der Waals surface area contributed by atoms with Crippen molar-refractivity contribution in [2.75, 3.05) is 20.7 Å². The first-order valence-corrected chi connectivity index (χ1v) is 8.25. The number of carboxylic acids is 1. The number of benzene rings is 1. The molecule has 0 aromatic heterocycles. The largest absolute Gasteiger partial charge is 0.493 e. The Hall–Kier alpha value is -2.24. The lowest BCUT2D eigenvalue weighted by Crippen LogP contribution is -2.33. The van der Waals surface area contributed by atoms with E-state index in [2.05, 4.69) is 0 Å². The summed E-state index contributed by atoms with van der Waals surface area (Å²) >= 11 is 0. The van der Waals surface area contributed by atoms with Gasteiger partial charge < -0.3 is 19.5 Å². The maximum Gasteiger partial charge on any atom is 0.308 e. The van der Waals surface area contributed by atoms with E-state index in [1.165, 1.54) is 17.7 Å². The molecule has 1 aliphatic rings. The average molecular weight is 335 g/mol. The summed E-state index contributed by atoms with van der Waals surface area (Å²) in [5.41, 5.74) is 0.450. The van der Waals surface area contributed by atoms with E-state index in [0.717, 1.165) is 12.8 Å². The molecule has 1 N–H and O–H groups in total. The van der Waals surface area contributed by atoms with E-state index in [9.17, 15) is 9.59 Å². The standard InChI is InChI=1S/C18H25NO5/c1-12(18(21)22)11-19(2)17(20)13-8-9-15(16(10-13)23-3)24-14-6-4-5-7-14/h8-10,12,14H,4-7,11H2,1-3H3,(H,21,22). The number of nitrogens with zero attached hydrogens (tertiary/aromatic N) is 1. The van der Waals surface area contributed by atoms with E-state index in [0.29, 0.717) is 17.1 Å². The van der Waals surface area contributed by atoms with Crippen LogP contribution in [0.4, 0.5) is 0 Å². The normalized spacial score (nSPS) is 15.8. The molecule has 0 radical (unpaired) electrons. The Morgan fingerprint density at radius 2 is 1.96 bits per heavy atom. The van der Waals surface area contributed by atoms with Gasteiger partial charge in [-0.2, -0.15) is 0 Å². The van der Waals surface area contributed by atoms with Crippen LogP contribution >= 0.6 is 0 Å². The summed E-state index contributed by atoms with van der Waals surface area (Å²) in [4.78, 5) is 24.8. The number of carboxylic acid groups (broad SMARTS) is 1. The van der Waals surface area contributed by atoms with Crippen LogP contribution in [0.2, 0.25) is 0 Å². The van der Waals surface area contributed by atoms with Gasteiger partial charge >= 0.3 is 5.97 Å². The molecule has 1 atom stereocenters. The molecule has 1 unspecified atom stereocenters. The molecule has 0 heterocycles. The zero-order valence-electron chi connectivity index (χ0n) is 14.4. The molecule has 1 aromatic carbocycles. The second-order valence-corrected chi connectivity index (χ2v) is 6.31. The molecule has 0 bridgehead atoms. The first kappa shape index (κ1) is 18.1. The van der Waals surface area contributed by atoms with Gasteiger partial charge in [0.15, 0.2) is 11.5 Å². The van der Waals surface area contributed by atoms with Crippen LogP contribution in [0.25, 0.3) is 0 Å². The highest BCUT2D eigenvalue weighted by molar-refractivity contribution is 5.95. The number of aliphatic carboxylic acids is 1. The van der Waals surface area contributed by atoms with Crippen molar-refractivity contribution in [1.82, 2.24) is 4.90 Å². The van der Waals surface area contributed by atoms with Crippen LogP contribution in [0.3, 0.4) is 0 Å². The Balaban J connectivity index is 2.09. The van der Waals surface area contributed by atoms with Crippen LogP contribution in [0.1, 0.15) is 43.0 Å². The van der Waals surface area contributed by atoms with Gasteiger partial charge in [0.05, 0.1) is 19.1 Å². The molecular formula is C18H25NO5. The molecule has 6 nitrogen and oxygen atoms in total. The van der Waals surface area contributed by atoms with Crippen molar-refractivity contribution in [2.45, 2.75) is 38.7 Å². The molecule has 0 saturated heterocycles. The lowest BCUT2D eigenvalue weighted by atomic mass is 10.1. The van der Waals surface area contributed by atoms with Crippen LogP contribution in [-0.4, -0.2) is 48.7 Å². The van der Waals surface area contributed by atoms with E-state index in [-0.39, 0.29) is 18.6 Å². The third-order valence-corrected chi connectivity index (χ3v) is 4.32. The van der Waals surface area contributed by atoms with Gasteiger partial charge in [-0.15, -0.1) is 0 Å². The van der Waals surface area contributed by atoms with Gasteiger partial charge in [-0.25, -0.2) is 0 Å². The van der Waals surface area contributed by atoms with E-state index < -0.39 is 11.9 Å². The molecule has 24 heavy (non-hydrogen) atoms. The van der Waals surface area contributed by atoms with Crippen molar-refractivity contribution >= 4 is 11.9 Å². The lowest BCUT2D eigenvalue weighted by molar-refractivity contribution is -0.141. The minimum absolute atomic E-state index is 0.150. The number of carbonyl (C=O) groups is 2. The van der Waals surface area contributed by atoms with E-state index in [1.807, 2.05) is 0 Å². The minimum atomic E-state index is -0.924. The molecule has 6 heteroatoms. The number of methoxy groups -OCH3 is 1. The molecule has 2 rings (SSSR count). The van der Waals surface area contributed by atoms with Crippen molar-refractivity contribution in [1.29, 1.82) is 0 Å². The van der Waals surface area contributed by atoms with Gasteiger partial charge in [-0.05, 0) is 43.9 Å². The van der Waals surface area contributed by atoms with E-state index in [1.54, 1.807) is 39.3 Å². The molecule has 1 fully saturated rings. The molecule has 1 aliphatic carbocycles. The van der Waals surface area contributed by atoms with Crippen LogP contribution < -0.4 is 9.47 Å². The van der Waals surface area contributed by atoms with Crippen LogP contribution in [0.15, 0.2) is 18.2 Å². The summed E-state index contributed by atoms with van der Waals surface area (Å²) in [5.74, 6) is -0.623. The molecule has 1 aromatic rings. The molecule has 0 spiro atoms.